The predicted molar refractivity (Wildman–Crippen MR) is 97.2 cm³/mol. The van der Waals surface area contributed by atoms with Gasteiger partial charge in [-0.15, -0.1) is 0 Å². The van der Waals surface area contributed by atoms with E-state index in [0.717, 1.165) is 19.3 Å². The lowest BCUT2D eigenvalue weighted by atomic mass is 9.86. The van der Waals surface area contributed by atoms with Gasteiger partial charge in [0.1, 0.15) is 5.78 Å². The van der Waals surface area contributed by atoms with E-state index >= 15 is 0 Å². The maximum absolute atomic E-state index is 12.0. The summed E-state index contributed by atoms with van der Waals surface area (Å²) in [7, 11) is 0. The lowest BCUT2D eigenvalue weighted by molar-refractivity contribution is -0.137. The largest absolute Gasteiger partial charge is 0.481 e. The first-order valence-electron chi connectivity index (χ1n) is 9.70. The van der Waals surface area contributed by atoms with Crippen molar-refractivity contribution < 1.29 is 24.9 Å². The molecule has 0 heterocycles. The summed E-state index contributed by atoms with van der Waals surface area (Å²) in [6.45, 7) is 2.11. The van der Waals surface area contributed by atoms with Crippen LogP contribution in [0.15, 0.2) is 12.2 Å². The fourth-order valence-corrected chi connectivity index (χ4v) is 3.67. The van der Waals surface area contributed by atoms with Crippen molar-refractivity contribution in [3.05, 3.63) is 12.2 Å². The Morgan fingerprint density at radius 2 is 1.68 bits per heavy atom. The minimum Gasteiger partial charge on any atom is -0.481 e. The van der Waals surface area contributed by atoms with Gasteiger partial charge < -0.3 is 15.3 Å². The average Bonchev–Trinajstić information content (AvgIpc) is 2.82. The normalized spacial score (nSPS) is 26.4. The van der Waals surface area contributed by atoms with Crippen molar-refractivity contribution in [2.45, 2.75) is 89.8 Å². The molecule has 1 aliphatic rings. The van der Waals surface area contributed by atoms with E-state index in [4.69, 9.17) is 5.11 Å². The van der Waals surface area contributed by atoms with Crippen LogP contribution in [0.4, 0.5) is 0 Å². The Balaban J connectivity index is 2.38. The van der Waals surface area contributed by atoms with Crippen molar-refractivity contribution in [2.24, 2.45) is 11.8 Å². The summed E-state index contributed by atoms with van der Waals surface area (Å²) in [5.74, 6) is -0.584. The Labute approximate surface area is 151 Å². The minimum atomic E-state index is -0.786. The van der Waals surface area contributed by atoms with Gasteiger partial charge in [0.25, 0.3) is 0 Å². The molecule has 4 atom stereocenters. The number of carboxylic acids is 1. The number of aliphatic carboxylic acids is 1. The molecule has 144 valence electrons. The topological polar surface area (TPSA) is 94.8 Å². The fourth-order valence-electron chi connectivity index (χ4n) is 3.67. The zero-order valence-electron chi connectivity index (χ0n) is 15.4. The number of hydrogen-bond acceptors (Lipinski definition) is 4. The van der Waals surface area contributed by atoms with E-state index in [0.29, 0.717) is 44.9 Å². The number of allylic oxidation sites excluding steroid dienone is 2. The van der Waals surface area contributed by atoms with Crippen LogP contribution in [0.25, 0.3) is 0 Å². The maximum Gasteiger partial charge on any atom is 0.303 e. The predicted octanol–water partition coefficient (Wildman–Crippen LogP) is 3.48. The first-order chi connectivity index (χ1) is 12.0. The van der Waals surface area contributed by atoms with E-state index in [1.54, 1.807) is 0 Å². The molecule has 1 saturated carbocycles. The highest BCUT2D eigenvalue weighted by Gasteiger charge is 2.40. The van der Waals surface area contributed by atoms with Gasteiger partial charge in [0.05, 0.1) is 12.2 Å². The maximum atomic E-state index is 12.0. The number of Topliss-reactive ketones (excluding diaryl/α,β-unsaturated/α-hetero) is 1. The zero-order valence-corrected chi connectivity index (χ0v) is 15.4. The standard InChI is InChI=1S/C20H34O5/c1-2-3-6-9-15(21)12-13-17-16(18(22)14-19(17)23)10-7-4-5-8-11-20(24)25/h4,7,16-19,22-23H,2-3,5-6,8-14H2,1H3,(H,24,25)/b7-4-/t16?,17-,18?,19?/m1/s1. The lowest BCUT2D eigenvalue weighted by Crippen LogP contribution is -2.22. The molecule has 0 bridgehead atoms. The molecule has 0 saturated heterocycles. The summed E-state index contributed by atoms with van der Waals surface area (Å²) < 4.78 is 0. The second-order valence-corrected chi connectivity index (χ2v) is 7.23. The highest BCUT2D eigenvalue weighted by molar-refractivity contribution is 5.78. The number of hydrogen-bond donors (Lipinski definition) is 3. The smallest absolute Gasteiger partial charge is 0.303 e. The molecule has 0 amide bonds. The highest BCUT2D eigenvalue weighted by Crippen LogP contribution is 2.38. The van der Waals surface area contributed by atoms with Gasteiger partial charge in [0.15, 0.2) is 0 Å². The van der Waals surface area contributed by atoms with Crippen LogP contribution in [0, 0.1) is 11.8 Å². The van der Waals surface area contributed by atoms with Crippen LogP contribution in [-0.2, 0) is 9.59 Å². The Hall–Kier alpha value is -1.20. The van der Waals surface area contributed by atoms with Crippen molar-refractivity contribution in [1.82, 2.24) is 0 Å². The van der Waals surface area contributed by atoms with Crippen LogP contribution in [0.2, 0.25) is 0 Å². The molecule has 1 fully saturated rings. The molecule has 5 heteroatoms. The summed E-state index contributed by atoms with van der Waals surface area (Å²) in [4.78, 5) is 22.4. The Morgan fingerprint density at radius 1 is 0.960 bits per heavy atom. The molecule has 0 radical (unpaired) electrons. The van der Waals surface area contributed by atoms with Gasteiger partial charge >= 0.3 is 5.97 Å². The van der Waals surface area contributed by atoms with Crippen LogP contribution in [0.1, 0.15) is 77.6 Å². The monoisotopic (exact) mass is 354 g/mol. The number of ketones is 1. The molecular formula is C20H34O5. The van der Waals surface area contributed by atoms with Crippen molar-refractivity contribution in [3.63, 3.8) is 0 Å². The van der Waals surface area contributed by atoms with Crippen molar-refractivity contribution in [2.75, 3.05) is 0 Å². The van der Waals surface area contributed by atoms with Gasteiger partial charge in [-0.2, -0.15) is 0 Å². The van der Waals surface area contributed by atoms with E-state index in [9.17, 15) is 19.8 Å². The Bertz CT molecular complexity index is 432. The summed E-state index contributed by atoms with van der Waals surface area (Å²) in [5, 5.41) is 29.0. The quantitative estimate of drug-likeness (QED) is 0.348. The number of aliphatic hydroxyl groups is 2. The second kappa shape index (κ2) is 12.2. The first kappa shape index (κ1) is 21.8. The van der Waals surface area contributed by atoms with Gasteiger partial charge in [0, 0.05) is 19.3 Å². The van der Waals surface area contributed by atoms with Crippen molar-refractivity contribution in [3.8, 4) is 0 Å². The third-order valence-electron chi connectivity index (χ3n) is 5.17. The fraction of sp³-hybridized carbons (Fsp3) is 0.800. The average molecular weight is 354 g/mol. The number of carbonyl (C=O) groups is 2. The van der Waals surface area contributed by atoms with E-state index in [1.165, 1.54) is 0 Å². The van der Waals surface area contributed by atoms with Gasteiger partial charge in [-0.3, -0.25) is 9.59 Å². The third kappa shape index (κ3) is 8.63. The number of unbranched alkanes of at least 4 members (excludes halogenated alkanes) is 3. The zero-order chi connectivity index (χ0) is 18.7. The van der Waals surface area contributed by atoms with E-state index < -0.39 is 18.2 Å². The van der Waals surface area contributed by atoms with Crippen LogP contribution in [0.3, 0.4) is 0 Å². The summed E-state index contributed by atoms with van der Waals surface area (Å²) in [5.41, 5.74) is 0. The lowest BCUT2D eigenvalue weighted by Gasteiger charge is -2.22. The number of carboxylic acid groups (broad SMARTS) is 1. The van der Waals surface area contributed by atoms with Crippen LogP contribution in [0.5, 0.6) is 0 Å². The molecule has 1 aliphatic carbocycles. The second-order valence-electron chi connectivity index (χ2n) is 7.23. The van der Waals surface area contributed by atoms with Gasteiger partial charge in [0.2, 0.25) is 0 Å². The SMILES string of the molecule is CCCCCC(=O)CC[C@H]1C(O)CC(O)C1C/C=C\CCCC(=O)O. The van der Waals surface area contributed by atoms with E-state index in [2.05, 4.69) is 6.92 Å². The third-order valence-corrected chi connectivity index (χ3v) is 5.17. The molecule has 1 rings (SSSR count). The van der Waals surface area contributed by atoms with Crippen molar-refractivity contribution in [1.29, 1.82) is 0 Å². The van der Waals surface area contributed by atoms with Crippen LogP contribution < -0.4 is 0 Å². The van der Waals surface area contributed by atoms with Crippen LogP contribution in [-0.4, -0.2) is 39.3 Å². The number of rotatable bonds is 13. The molecule has 3 N–H and O–H groups in total. The van der Waals surface area contributed by atoms with Gasteiger partial charge in [-0.25, -0.2) is 0 Å². The first-order valence-corrected chi connectivity index (χ1v) is 9.70. The molecule has 0 aromatic rings. The molecular weight excluding hydrogens is 320 g/mol. The van der Waals surface area contributed by atoms with E-state index in [1.807, 2.05) is 12.2 Å². The Morgan fingerprint density at radius 3 is 2.36 bits per heavy atom. The van der Waals surface area contributed by atoms with Crippen LogP contribution >= 0.6 is 0 Å². The molecule has 0 aromatic heterocycles. The Kier molecular flexibility index (Phi) is 10.7. The molecule has 0 aromatic carbocycles. The summed E-state index contributed by atoms with van der Waals surface area (Å²) >= 11 is 0. The number of carbonyl (C=O) groups excluding carboxylic acids is 1. The van der Waals surface area contributed by atoms with Gasteiger partial charge in [-0.1, -0.05) is 31.9 Å². The molecule has 0 aliphatic heterocycles. The summed E-state index contributed by atoms with van der Waals surface area (Å²) in [6, 6.07) is 0. The van der Waals surface area contributed by atoms with Crippen molar-refractivity contribution >= 4 is 11.8 Å². The van der Waals surface area contributed by atoms with E-state index in [-0.39, 0.29) is 24.0 Å². The van der Waals surface area contributed by atoms with Gasteiger partial charge in [-0.05, 0) is 50.4 Å². The number of aliphatic hydroxyl groups excluding tert-OH is 2. The molecule has 25 heavy (non-hydrogen) atoms. The highest BCUT2D eigenvalue weighted by atomic mass is 16.4. The molecule has 0 spiro atoms. The molecule has 3 unspecified atom stereocenters. The molecule has 5 nitrogen and oxygen atoms in total. The summed E-state index contributed by atoms with van der Waals surface area (Å²) in [6.07, 6.45) is 10.2. The minimum absolute atomic E-state index is 0.0193.